The minimum Gasteiger partial charge on any atom is -1.00 e. The van der Waals surface area contributed by atoms with Crippen molar-refractivity contribution in [3.8, 4) is 0 Å². The zero-order chi connectivity index (χ0) is 22.8. The van der Waals surface area contributed by atoms with Crippen LogP contribution >= 0.6 is 0 Å². The Balaban J connectivity index is 0.00000193. The van der Waals surface area contributed by atoms with Crippen LogP contribution in [0.5, 0.6) is 0 Å². The van der Waals surface area contributed by atoms with Crippen molar-refractivity contribution >= 4 is 40.0 Å². The van der Waals surface area contributed by atoms with E-state index in [1.807, 2.05) is 0 Å². The zero-order valence-corrected chi connectivity index (χ0v) is 27.3. The summed E-state index contributed by atoms with van der Waals surface area (Å²) >= 11 is 0. The summed E-state index contributed by atoms with van der Waals surface area (Å²) in [6.07, 6.45) is 0. The molecule has 0 amide bonds. The molecule has 0 nitrogen and oxygen atoms in total. The van der Waals surface area contributed by atoms with E-state index in [2.05, 4.69) is 105 Å². The third-order valence-corrected chi connectivity index (χ3v) is 11.3. The topological polar surface area (TPSA) is 0 Å². The molecule has 4 aromatic carbocycles. The molecule has 0 bridgehead atoms. The number of hydrogen-bond acceptors (Lipinski definition) is 0. The van der Waals surface area contributed by atoms with E-state index in [9.17, 15) is 0 Å². The van der Waals surface area contributed by atoms with E-state index in [0.29, 0.717) is 11.8 Å². The number of fused-ring (bicyclic) bond motifs is 2. The first kappa shape index (κ1) is 31.4. The van der Waals surface area contributed by atoms with Crippen LogP contribution in [0.4, 0.5) is 0 Å². The van der Waals surface area contributed by atoms with Gasteiger partial charge in [-0.1, -0.05) is 91.7 Å². The Kier molecular flexibility index (Phi) is 10.3. The summed E-state index contributed by atoms with van der Waals surface area (Å²) in [4.78, 5) is 0. The fourth-order valence-electron chi connectivity index (χ4n) is 6.08. The average Bonchev–Trinajstić information content (AvgIpc) is 3.20. The van der Waals surface area contributed by atoms with Gasteiger partial charge in [0.05, 0.1) is 0 Å². The normalized spacial score (nSPS) is 11.6. The molecule has 180 valence electrons. The van der Waals surface area contributed by atoms with E-state index in [1.54, 1.807) is 21.1 Å². The molecule has 0 fully saturated rings. The number of aryl methyl sites for hydroxylation is 4. The van der Waals surface area contributed by atoms with Crippen LogP contribution in [0.25, 0.3) is 21.5 Å². The van der Waals surface area contributed by atoms with Crippen molar-refractivity contribution in [2.24, 2.45) is 0 Å². The van der Waals surface area contributed by atoms with Crippen molar-refractivity contribution in [1.82, 2.24) is 0 Å². The molecule has 0 aliphatic heterocycles. The van der Waals surface area contributed by atoms with Crippen LogP contribution in [0.15, 0.2) is 36.4 Å². The molecule has 0 aliphatic rings. The van der Waals surface area contributed by atoms with E-state index < -0.39 is 8.07 Å². The molecule has 0 aliphatic carbocycles. The molecule has 0 unspecified atom stereocenters. The number of halogens is 2. The number of benzene rings is 2. The first-order valence-electron chi connectivity index (χ1n) is 11.9. The first-order valence-corrected chi connectivity index (χ1v) is 14.9. The summed E-state index contributed by atoms with van der Waals surface area (Å²) in [5, 5.41) is 9.35. The summed E-state index contributed by atoms with van der Waals surface area (Å²) < 4.78 is 0. The van der Waals surface area contributed by atoms with Gasteiger partial charge >= 0.3 is 26.2 Å². The molecule has 0 radical (unpaired) electrons. The molecule has 4 heteroatoms. The van der Waals surface area contributed by atoms with Gasteiger partial charge in [0, 0.05) is 8.07 Å². The maximum absolute atomic E-state index is 2.59. The van der Waals surface area contributed by atoms with Gasteiger partial charge in [-0.2, -0.15) is 10.4 Å². The molecule has 0 heterocycles. The molecule has 4 aromatic rings. The SMILES string of the molecule is Cc1[cH-]c2c(C)ccc(C(C)C)c2c1[Si](C)(C)c1c(C)[cH-]c2c(C)ccc(C(C)C)c12.[Cl-].[Cl-].[Zr+4]. The largest absolute Gasteiger partial charge is 4.00 e. The standard InChI is InChI=1S/C30H38Si.2ClH.Zr/c1-17(2)23-13-11-19(5)25-15-21(7)29(27(23)25)31(9,10)30-22(8)16-26-20(6)12-14-24(18(3)4)28(26)30;;;/h11-18H,1-10H3;2*1H;/q-2;;;+4/p-2. The molecular weight excluding hydrogens is 551 g/mol. The Morgan fingerprint density at radius 2 is 0.941 bits per heavy atom. The summed E-state index contributed by atoms with van der Waals surface area (Å²) in [7, 11) is -1.97. The van der Waals surface area contributed by atoms with Crippen LogP contribution in [0.1, 0.15) is 72.9 Å². The predicted molar refractivity (Wildman–Crippen MR) is 143 cm³/mol. The van der Waals surface area contributed by atoms with Crippen molar-refractivity contribution in [2.45, 2.75) is 80.3 Å². The maximum atomic E-state index is 2.59. The van der Waals surface area contributed by atoms with Crippen LogP contribution in [-0.2, 0) is 26.2 Å². The van der Waals surface area contributed by atoms with Crippen molar-refractivity contribution in [3.05, 3.63) is 69.8 Å². The average molecular weight is 589 g/mol. The molecule has 0 aromatic heterocycles. The third kappa shape index (κ3) is 4.82. The van der Waals surface area contributed by atoms with E-state index in [-0.39, 0.29) is 51.0 Å². The van der Waals surface area contributed by atoms with Gasteiger partial charge in [0.1, 0.15) is 0 Å². The molecule has 0 N–H and O–H groups in total. The smallest absolute Gasteiger partial charge is 1.00 e. The fraction of sp³-hybridized carbons (Fsp3) is 0.400. The van der Waals surface area contributed by atoms with Crippen LogP contribution < -0.4 is 35.2 Å². The summed E-state index contributed by atoms with van der Waals surface area (Å²) in [5.41, 5.74) is 8.80. The van der Waals surface area contributed by atoms with Crippen molar-refractivity contribution in [1.29, 1.82) is 0 Å². The summed E-state index contributed by atoms with van der Waals surface area (Å²) in [5.74, 6) is 1.05. The van der Waals surface area contributed by atoms with Gasteiger partial charge in [-0.25, -0.2) is 0 Å². The van der Waals surface area contributed by atoms with Crippen LogP contribution in [-0.4, -0.2) is 8.07 Å². The van der Waals surface area contributed by atoms with Crippen LogP contribution in [0.2, 0.25) is 13.1 Å². The summed E-state index contributed by atoms with van der Waals surface area (Å²) in [6, 6.07) is 14.3. The van der Waals surface area contributed by atoms with Crippen LogP contribution in [0.3, 0.4) is 0 Å². The van der Waals surface area contributed by atoms with Gasteiger partial charge in [-0.3, -0.25) is 0 Å². The van der Waals surface area contributed by atoms with E-state index in [1.165, 1.54) is 44.2 Å². The van der Waals surface area contributed by atoms with E-state index >= 15 is 0 Å². The number of rotatable bonds is 4. The Hall–Kier alpha value is -0.660. The zero-order valence-electron chi connectivity index (χ0n) is 22.4. The Labute approximate surface area is 239 Å². The second kappa shape index (κ2) is 11.2. The van der Waals surface area contributed by atoms with Gasteiger partial charge in [-0.15, -0.1) is 68.1 Å². The second-order valence-corrected chi connectivity index (χ2v) is 15.1. The second-order valence-electron chi connectivity index (χ2n) is 10.9. The molecular formula is C30H38Cl2SiZr. The molecule has 0 saturated carbocycles. The van der Waals surface area contributed by atoms with E-state index in [4.69, 9.17) is 0 Å². The number of hydrogen-bond donors (Lipinski definition) is 0. The van der Waals surface area contributed by atoms with Gasteiger partial charge in [0.15, 0.2) is 0 Å². The Morgan fingerprint density at radius 1 is 0.618 bits per heavy atom. The third-order valence-electron chi connectivity index (χ3n) is 7.50. The van der Waals surface area contributed by atoms with E-state index in [0.717, 1.165) is 0 Å². The van der Waals surface area contributed by atoms with Gasteiger partial charge in [0.2, 0.25) is 0 Å². The minimum atomic E-state index is -1.97. The van der Waals surface area contributed by atoms with Gasteiger partial charge < -0.3 is 24.8 Å². The van der Waals surface area contributed by atoms with Gasteiger partial charge in [0.25, 0.3) is 0 Å². The fourth-order valence-corrected chi connectivity index (χ4v) is 10.3. The summed E-state index contributed by atoms with van der Waals surface area (Å²) in [6.45, 7) is 23.8. The molecule has 0 saturated heterocycles. The maximum Gasteiger partial charge on any atom is 4.00 e. The molecule has 4 rings (SSSR count). The van der Waals surface area contributed by atoms with Crippen LogP contribution in [0, 0.1) is 27.7 Å². The quantitative estimate of drug-likeness (QED) is 0.252. The first-order chi connectivity index (χ1) is 14.5. The molecule has 34 heavy (non-hydrogen) atoms. The Bertz CT molecular complexity index is 1210. The van der Waals surface area contributed by atoms with Crippen molar-refractivity contribution in [2.75, 3.05) is 0 Å². The minimum absolute atomic E-state index is 0. The van der Waals surface area contributed by atoms with Crippen molar-refractivity contribution in [3.63, 3.8) is 0 Å². The monoisotopic (exact) mass is 586 g/mol. The van der Waals surface area contributed by atoms with Gasteiger partial charge in [-0.05, 0) is 11.8 Å². The van der Waals surface area contributed by atoms with Crippen molar-refractivity contribution < 1.29 is 51.0 Å². The molecule has 0 atom stereocenters. The Morgan fingerprint density at radius 3 is 1.24 bits per heavy atom. The predicted octanol–water partition coefficient (Wildman–Crippen LogP) is 1.74. The molecule has 0 spiro atoms.